The number of esters is 1. The molecule has 1 aromatic carbocycles. The maximum atomic E-state index is 11.7. The molecule has 99 valence electrons. The molecule has 1 unspecified atom stereocenters. The van der Waals surface area contributed by atoms with E-state index in [0.717, 1.165) is 11.0 Å². The van der Waals surface area contributed by atoms with Crippen molar-refractivity contribution < 1.29 is 14.2 Å². The summed E-state index contributed by atoms with van der Waals surface area (Å²) in [5, 5.41) is 0. The predicted octanol–water partition coefficient (Wildman–Crippen LogP) is 1.80. The van der Waals surface area contributed by atoms with E-state index in [9.17, 15) is 4.79 Å². The molecule has 1 radical (unpaired) electrons. The Hall–Kier alpha value is -1.22. The van der Waals surface area contributed by atoms with Gasteiger partial charge in [-0.25, -0.2) is 4.79 Å². The standard InChI is InChI=1S/C14H19B2O3/c1-9-6-7-11(8-12(9)13(17)18-5)16-15-10(2)14(3,4)19-16/h6-8,10H,1-5H3. The van der Waals surface area contributed by atoms with Gasteiger partial charge < -0.3 is 9.39 Å². The van der Waals surface area contributed by atoms with E-state index in [2.05, 4.69) is 27.9 Å². The highest BCUT2D eigenvalue weighted by Gasteiger charge is 2.42. The summed E-state index contributed by atoms with van der Waals surface area (Å²) in [6, 6.07) is 5.82. The minimum atomic E-state index is -0.301. The van der Waals surface area contributed by atoms with Crippen molar-refractivity contribution in [3.8, 4) is 0 Å². The topological polar surface area (TPSA) is 35.5 Å². The van der Waals surface area contributed by atoms with Crippen molar-refractivity contribution in [1.82, 2.24) is 0 Å². The molecule has 0 bridgehead atoms. The molecule has 3 nitrogen and oxygen atoms in total. The van der Waals surface area contributed by atoms with Crippen LogP contribution in [0.15, 0.2) is 18.2 Å². The van der Waals surface area contributed by atoms with Gasteiger partial charge >= 0.3 is 5.97 Å². The predicted molar refractivity (Wildman–Crippen MR) is 78.2 cm³/mol. The average molecular weight is 257 g/mol. The van der Waals surface area contributed by atoms with Gasteiger partial charge in [0.2, 0.25) is 0 Å². The number of rotatable bonds is 2. The van der Waals surface area contributed by atoms with Gasteiger partial charge in [-0.1, -0.05) is 30.6 Å². The molecule has 0 amide bonds. The fraction of sp³-hybridized carbons (Fsp3) is 0.500. The minimum absolute atomic E-state index is 0.0611. The summed E-state index contributed by atoms with van der Waals surface area (Å²) in [7, 11) is 3.59. The molecule has 5 heteroatoms. The molecule has 0 saturated carbocycles. The van der Waals surface area contributed by atoms with Crippen LogP contribution >= 0.6 is 0 Å². The Kier molecular flexibility index (Phi) is 3.77. The van der Waals surface area contributed by atoms with E-state index in [1.165, 1.54) is 7.11 Å². The third-order valence-electron chi connectivity index (χ3n) is 3.99. The van der Waals surface area contributed by atoms with E-state index in [1.54, 1.807) is 0 Å². The SMILES string of the molecule is COC(=O)c1cc(B2[B]C(C)C(C)(C)O2)ccc1C. The second kappa shape index (κ2) is 5.04. The highest BCUT2D eigenvalue weighted by molar-refractivity contribution is 7.17. The maximum absolute atomic E-state index is 11.7. The first-order valence-corrected chi connectivity index (χ1v) is 6.57. The van der Waals surface area contributed by atoms with Gasteiger partial charge in [-0.2, -0.15) is 0 Å². The lowest BCUT2D eigenvalue weighted by molar-refractivity contribution is 0.0600. The van der Waals surface area contributed by atoms with Crippen molar-refractivity contribution in [3.05, 3.63) is 29.3 Å². The molecule has 19 heavy (non-hydrogen) atoms. The van der Waals surface area contributed by atoms with Crippen molar-refractivity contribution in [1.29, 1.82) is 0 Å². The minimum Gasteiger partial charge on any atom is -0.465 e. The fourth-order valence-electron chi connectivity index (χ4n) is 2.29. The van der Waals surface area contributed by atoms with Crippen LogP contribution in [0, 0.1) is 6.92 Å². The highest BCUT2D eigenvalue weighted by Crippen LogP contribution is 2.32. The Bertz CT molecular complexity index is 499. The summed E-state index contributed by atoms with van der Waals surface area (Å²) in [6.07, 6.45) is 0. The van der Waals surface area contributed by atoms with Gasteiger partial charge in [0.25, 0.3) is 6.81 Å². The van der Waals surface area contributed by atoms with E-state index in [4.69, 9.17) is 9.39 Å². The smallest absolute Gasteiger partial charge is 0.338 e. The summed E-state index contributed by atoms with van der Waals surface area (Å²) in [6.45, 7) is 8.17. The van der Waals surface area contributed by atoms with Crippen molar-refractivity contribution >= 4 is 25.4 Å². The maximum Gasteiger partial charge on any atom is 0.338 e. The molecule has 0 aliphatic carbocycles. The summed E-state index contributed by atoms with van der Waals surface area (Å²) < 4.78 is 10.9. The number of hydrogen-bond acceptors (Lipinski definition) is 3. The first-order valence-electron chi connectivity index (χ1n) is 6.57. The molecule has 1 fully saturated rings. The van der Waals surface area contributed by atoms with Gasteiger partial charge in [0.1, 0.15) is 7.17 Å². The highest BCUT2D eigenvalue weighted by atomic mass is 16.5. The molecular weight excluding hydrogens is 238 g/mol. The fourth-order valence-corrected chi connectivity index (χ4v) is 2.29. The van der Waals surface area contributed by atoms with Gasteiger partial charge in [0, 0.05) is 5.60 Å². The molecule has 0 N–H and O–H groups in total. The molecule has 0 spiro atoms. The number of carbonyl (C=O) groups is 1. The van der Waals surface area contributed by atoms with Crippen LogP contribution in [0.1, 0.15) is 36.7 Å². The second-order valence-electron chi connectivity index (χ2n) is 5.69. The zero-order valence-corrected chi connectivity index (χ0v) is 12.2. The number of carbonyl (C=O) groups excluding carboxylic acids is 1. The van der Waals surface area contributed by atoms with Gasteiger partial charge in [-0.05, 0) is 32.2 Å². The third-order valence-corrected chi connectivity index (χ3v) is 3.99. The van der Waals surface area contributed by atoms with Gasteiger partial charge in [-0.3, -0.25) is 0 Å². The molecule has 0 aromatic heterocycles. The first kappa shape index (κ1) is 14.2. The molecule has 1 heterocycles. The molecule has 1 atom stereocenters. The molecule has 2 rings (SSSR count). The van der Waals surface area contributed by atoms with Crippen LogP contribution in [0.25, 0.3) is 0 Å². The summed E-state index contributed by atoms with van der Waals surface area (Å²) in [5.41, 5.74) is 2.36. The van der Waals surface area contributed by atoms with Gasteiger partial charge in [0.15, 0.2) is 0 Å². The zero-order chi connectivity index (χ0) is 14.2. The summed E-state index contributed by atoms with van der Waals surface area (Å²) in [4.78, 5) is 11.7. The first-order chi connectivity index (χ1) is 8.85. The van der Waals surface area contributed by atoms with Crippen LogP contribution in [0.4, 0.5) is 0 Å². The molecule has 1 aliphatic rings. The van der Waals surface area contributed by atoms with E-state index >= 15 is 0 Å². The van der Waals surface area contributed by atoms with E-state index < -0.39 is 0 Å². The van der Waals surface area contributed by atoms with Crippen LogP contribution in [0.3, 0.4) is 0 Å². The number of hydrogen-bond donors (Lipinski definition) is 0. The van der Waals surface area contributed by atoms with Crippen molar-refractivity contribution in [3.63, 3.8) is 0 Å². The molecule has 1 aliphatic heterocycles. The van der Waals surface area contributed by atoms with Crippen molar-refractivity contribution in [2.24, 2.45) is 0 Å². The quantitative estimate of drug-likeness (QED) is 0.598. The number of ether oxygens (including phenoxy) is 1. The normalized spacial score (nSPS) is 21.1. The van der Waals surface area contributed by atoms with Crippen molar-refractivity contribution in [2.75, 3.05) is 7.11 Å². The second-order valence-corrected chi connectivity index (χ2v) is 5.69. The van der Waals surface area contributed by atoms with Crippen LogP contribution < -0.4 is 5.46 Å². The lowest BCUT2D eigenvalue weighted by atomic mass is 9.27. The third kappa shape index (κ3) is 2.71. The van der Waals surface area contributed by atoms with Crippen molar-refractivity contribution in [2.45, 2.75) is 39.1 Å². The van der Waals surface area contributed by atoms with E-state index in [0.29, 0.717) is 11.4 Å². The van der Waals surface area contributed by atoms with Crippen LogP contribution in [-0.2, 0) is 9.39 Å². The number of aryl methyl sites for hydroxylation is 1. The Morgan fingerprint density at radius 2 is 2.16 bits per heavy atom. The molecule has 1 aromatic rings. The summed E-state index contributed by atoms with van der Waals surface area (Å²) >= 11 is 0. The summed E-state index contributed by atoms with van der Waals surface area (Å²) in [5.74, 6) is 0.0741. The lowest BCUT2D eigenvalue weighted by Gasteiger charge is -2.25. The van der Waals surface area contributed by atoms with Crippen LogP contribution in [0.2, 0.25) is 5.82 Å². The monoisotopic (exact) mass is 257 g/mol. The Labute approximate surface area is 116 Å². The van der Waals surface area contributed by atoms with E-state index in [-0.39, 0.29) is 18.4 Å². The largest absolute Gasteiger partial charge is 0.465 e. The Balaban J connectivity index is 2.30. The average Bonchev–Trinajstić information content (AvgIpc) is 2.63. The molecular formula is C14H19B2O3. The van der Waals surface area contributed by atoms with Gasteiger partial charge in [0.05, 0.1) is 12.7 Å². The molecule has 1 saturated heterocycles. The Morgan fingerprint density at radius 1 is 1.47 bits per heavy atom. The number of methoxy groups -OCH3 is 1. The zero-order valence-electron chi connectivity index (χ0n) is 12.2. The van der Waals surface area contributed by atoms with Crippen LogP contribution in [0.5, 0.6) is 0 Å². The van der Waals surface area contributed by atoms with Crippen LogP contribution in [-0.4, -0.2) is 32.7 Å². The van der Waals surface area contributed by atoms with Gasteiger partial charge in [-0.15, -0.1) is 0 Å². The number of benzene rings is 1. The van der Waals surface area contributed by atoms with E-state index in [1.807, 2.05) is 25.1 Å². The Morgan fingerprint density at radius 3 is 2.68 bits per heavy atom. The lowest BCUT2D eigenvalue weighted by Crippen LogP contribution is -2.37.